The summed E-state index contributed by atoms with van der Waals surface area (Å²) in [6.07, 6.45) is -1.08. The number of aliphatic hydroxyl groups excluding tert-OH is 1. The number of para-hydroxylation sites is 1. The summed E-state index contributed by atoms with van der Waals surface area (Å²) < 4.78 is 7.15. The molecular formula is C14H17N3O4. The first kappa shape index (κ1) is 14.9. The molecule has 0 bridgehead atoms. The van der Waals surface area contributed by atoms with Crippen LogP contribution in [0.5, 0.6) is 5.75 Å². The second-order valence-electron chi connectivity index (χ2n) is 4.34. The van der Waals surface area contributed by atoms with E-state index in [2.05, 4.69) is 10.4 Å². The predicted molar refractivity (Wildman–Crippen MR) is 75.0 cm³/mol. The van der Waals surface area contributed by atoms with Crippen LogP contribution in [0.2, 0.25) is 0 Å². The molecule has 7 heteroatoms. The monoisotopic (exact) mass is 291 g/mol. The highest BCUT2D eigenvalue weighted by molar-refractivity contribution is 5.64. The number of carboxylic acid groups (broad SMARTS) is 1. The maximum atomic E-state index is 10.4. The van der Waals surface area contributed by atoms with Gasteiger partial charge in [0.15, 0.2) is 0 Å². The van der Waals surface area contributed by atoms with Crippen LogP contribution in [0.25, 0.3) is 0 Å². The molecule has 21 heavy (non-hydrogen) atoms. The molecule has 0 aliphatic rings. The van der Waals surface area contributed by atoms with Crippen molar-refractivity contribution in [2.45, 2.75) is 19.8 Å². The summed E-state index contributed by atoms with van der Waals surface area (Å²) in [7, 11) is 0. The molecule has 0 fully saturated rings. The number of aromatic nitrogens is 2. The van der Waals surface area contributed by atoms with Gasteiger partial charge in [-0.1, -0.05) is 18.2 Å². The number of amides is 1. The summed E-state index contributed by atoms with van der Waals surface area (Å²) in [4.78, 5) is 10.4. The Hall–Kier alpha value is -2.54. The number of benzene rings is 1. The highest BCUT2D eigenvalue weighted by Gasteiger charge is 2.08. The molecule has 0 spiro atoms. The third-order valence-corrected chi connectivity index (χ3v) is 2.81. The van der Waals surface area contributed by atoms with Crippen LogP contribution in [-0.4, -0.2) is 32.6 Å². The molecule has 1 heterocycles. The van der Waals surface area contributed by atoms with E-state index in [9.17, 15) is 9.90 Å². The zero-order valence-corrected chi connectivity index (χ0v) is 11.4. The zero-order valence-electron chi connectivity index (χ0n) is 11.4. The smallest absolute Gasteiger partial charge is 0.404 e. The Morgan fingerprint density at radius 3 is 2.76 bits per heavy atom. The third-order valence-electron chi connectivity index (χ3n) is 2.81. The summed E-state index contributed by atoms with van der Waals surface area (Å²) >= 11 is 0. The quantitative estimate of drug-likeness (QED) is 0.712. The molecule has 0 saturated heterocycles. The molecule has 1 amide bonds. The summed E-state index contributed by atoms with van der Waals surface area (Å²) in [5.41, 5.74) is 1.30. The first-order valence-electron chi connectivity index (χ1n) is 6.50. The highest BCUT2D eigenvalue weighted by atomic mass is 16.5. The van der Waals surface area contributed by atoms with Crippen LogP contribution in [-0.2, 0) is 19.8 Å². The molecule has 0 saturated carbocycles. The lowest BCUT2D eigenvalue weighted by atomic mass is 10.3. The normalized spacial score (nSPS) is 10.3. The van der Waals surface area contributed by atoms with Gasteiger partial charge >= 0.3 is 6.09 Å². The lowest BCUT2D eigenvalue weighted by Crippen LogP contribution is -2.26. The minimum Gasteiger partial charge on any atom is -0.487 e. The molecule has 0 aliphatic carbocycles. The standard InChI is InChI=1S/C14H17N3O4/c18-9-12-8-11(10-21-13-4-2-1-3-5-13)16-17(12)7-6-15-14(19)20/h1-5,8,15,18H,6-7,9-10H2,(H,19,20). The van der Waals surface area contributed by atoms with E-state index in [0.717, 1.165) is 5.75 Å². The zero-order chi connectivity index (χ0) is 15.1. The number of hydrogen-bond donors (Lipinski definition) is 3. The number of ether oxygens (including phenoxy) is 1. The van der Waals surface area contributed by atoms with Crippen molar-refractivity contribution < 1.29 is 19.7 Å². The number of nitrogens with zero attached hydrogens (tertiary/aromatic N) is 2. The minimum atomic E-state index is -1.08. The Labute approximate surface area is 121 Å². The van der Waals surface area contributed by atoms with Crippen molar-refractivity contribution >= 4 is 6.09 Å². The predicted octanol–water partition coefficient (Wildman–Crippen LogP) is 1.22. The van der Waals surface area contributed by atoms with Crippen LogP contribution in [0.15, 0.2) is 36.4 Å². The van der Waals surface area contributed by atoms with Crippen LogP contribution in [0.3, 0.4) is 0 Å². The molecule has 0 unspecified atom stereocenters. The van der Waals surface area contributed by atoms with E-state index in [1.807, 2.05) is 30.3 Å². The van der Waals surface area contributed by atoms with Gasteiger partial charge in [-0.05, 0) is 18.2 Å². The Kier molecular flexibility index (Phi) is 5.16. The molecule has 7 nitrogen and oxygen atoms in total. The van der Waals surface area contributed by atoms with E-state index in [1.54, 1.807) is 10.7 Å². The first-order chi connectivity index (χ1) is 10.2. The molecule has 2 aromatic rings. The highest BCUT2D eigenvalue weighted by Crippen LogP contribution is 2.12. The molecule has 2 rings (SSSR count). The molecule has 112 valence electrons. The van der Waals surface area contributed by atoms with Crippen LogP contribution >= 0.6 is 0 Å². The minimum absolute atomic E-state index is 0.161. The molecular weight excluding hydrogens is 274 g/mol. The van der Waals surface area contributed by atoms with E-state index in [4.69, 9.17) is 9.84 Å². The maximum absolute atomic E-state index is 10.4. The van der Waals surface area contributed by atoms with E-state index in [0.29, 0.717) is 17.9 Å². The lowest BCUT2D eigenvalue weighted by Gasteiger charge is -2.05. The van der Waals surface area contributed by atoms with Gasteiger partial charge in [-0.25, -0.2) is 4.79 Å². The molecule has 0 radical (unpaired) electrons. The van der Waals surface area contributed by atoms with Gasteiger partial charge in [-0.2, -0.15) is 5.10 Å². The van der Waals surface area contributed by atoms with Gasteiger partial charge < -0.3 is 20.3 Å². The van der Waals surface area contributed by atoms with Crippen LogP contribution in [0, 0.1) is 0 Å². The Balaban J connectivity index is 1.94. The van der Waals surface area contributed by atoms with E-state index in [1.165, 1.54) is 0 Å². The van der Waals surface area contributed by atoms with Gasteiger partial charge in [-0.15, -0.1) is 0 Å². The van der Waals surface area contributed by atoms with Crippen molar-refractivity contribution in [1.29, 1.82) is 0 Å². The number of nitrogens with one attached hydrogen (secondary N) is 1. The molecule has 3 N–H and O–H groups in total. The van der Waals surface area contributed by atoms with E-state index in [-0.39, 0.29) is 19.8 Å². The largest absolute Gasteiger partial charge is 0.487 e. The Bertz CT molecular complexity index is 583. The van der Waals surface area contributed by atoms with Gasteiger partial charge in [0.25, 0.3) is 0 Å². The number of rotatable bonds is 7. The fraction of sp³-hybridized carbons (Fsp3) is 0.286. The Morgan fingerprint density at radius 2 is 2.10 bits per heavy atom. The van der Waals surface area contributed by atoms with Crippen LogP contribution in [0.4, 0.5) is 4.79 Å². The van der Waals surface area contributed by atoms with Crippen molar-refractivity contribution in [2.24, 2.45) is 0 Å². The van der Waals surface area contributed by atoms with Crippen molar-refractivity contribution in [3.8, 4) is 5.75 Å². The summed E-state index contributed by atoms with van der Waals surface area (Å²) in [6, 6.07) is 11.1. The first-order valence-corrected chi connectivity index (χ1v) is 6.50. The maximum Gasteiger partial charge on any atom is 0.404 e. The molecule has 1 aromatic carbocycles. The van der Waals surface area contributed by atoms with Crippen molar-refractivity contribution in [3.05, 3.63) is 47.8 Å². The average molecular weight is 291 g/mol. The van der Waals surface area contributed by atoms with E-state index >= 15 is 0 Å². The number of aliphatic hydroxyl groups is 1. The van der Waals surface area contributed by atoms with Crippen molar-refractivity contribution in [2.75, 3.05) is 6.54 Å². The fourth-order valence-electron chi connectivity index (χ4n) is 1.85. The summed E-state index contributed by atoms with van der Waals surface area (Å²) in [5, 5.41) is 24.4. The van der Waals surface area contributed by atoms with Gasteiger partial charge in [0.05, 0.1) is 18.8 Å². The SMILES string of the molecule is O=C(O)NCCn1nc(COc2ccccc2)cc1CO. The van der Waals surface area contributed by atoms with Gasteiger partial charge in [0.1, 0.15) is 18.1 Å². The van der Waals surface area contributed by atoms with Gasteiger partial charge in [0.2, 0.25) is 0 Å². The Morgan fingerprint density at radius 1 is 1.33 bits per heavy atom. The number of carbonyl (C=O) groups is 1. The number of hydrogen-bond acceptors (Lipinski definition) is 4. The molecule has 0 aliphatic heterocycles. The molecule has 0 atom stereocenters. The summed E-state index contributed by atoms with van der Waals surface area (Å²) in [5.74, 6) is 0.741. The summed E-state index contributed by atoms with van der Waals surface area (Å²) in [6.45, 7) is 0.707. The fourth-order valence-corrected chi connectivity index (χ4v) is 1.85. The van der Waals surface area contributed by atoms with Crippen LogP contribution in [0.1, 0.15) is 11.4 Å². The lowest BCUT2D eigenvalue weighted by molar-refractivity contribution is 0.193. The van der Waals surface area contributed by atoms with Crippen LogP contribution < -0.4 is 10.1 Å². The second-order valence-corrected chi connectivity index (χ2v) is 4.34. The molecule has 1 aromatic heterocycles. The topological polar surface area (TPSA) is 96.6 Å². The van der Waals surface area contributed by atoms with Crippen molar-refractivity contribution in [1.82, 2.24) is 15.1 Å². The average Bonchev–Trinajstić information content (AvgIpc) is 2.88. The van der Waals surface area contributed by atoms with E-state index < -0.39 is 6.09 Å². The second kappa shape index (κ2) is 7.30. The van der Waals surface area contributed by atoms with Crippen molar-refractivity contribution in [3.63, 3.8) is 0 Å². The van der Waals surface area contributed by atoms with Gasteiger partial charge in [0, 0.05) is 6.54 Å². The van der Waals surface area contributed by atoms with Gasteiger partial charge in [-0.3, -0.25) is 4.68 Å². The third kappa shape index (κ3) is 4.50.